The van der Waals surface area contributed by atoms with Crippen LogP contribution in [0.5, 0.6) is 0 Å². The molecule has 11 heteroatoms. The first kappa shape index (κ1) is 21.2. The smallest absolute Gasteiger partial charge is 0.359 e. The highest BCUT2D eigenvalue weighted by atomic mass is 32.1. The second-order valence-corrected chi connectivity index (χ2v) is 8.14. The normalized spacial score (nSPS) is 14.3. The van der Waals surface area contributed by atoms with Gasteiger partial charge in [-0.1, -0.05) is 23.5 Å². The summed E-state index contributed by atoms with van der Waals surface area (Å²) < 4.78 is 52.3. The van der Waals surface area contributed by atoms with Gasteiger partial charge >= 0.3 is 6.18 Å². The second-order valence-electron chi connectivity index (χ2n) is 7.17. The Balaban J connectivity index is 1.36. The van der Waals surface area contributed by atoms with Crippen molar-refractivity contribution in [1.82, 2.24) is 10.2 Å². The molecule has 0 unspecified atom stereocenters. The Labute approximate surface area is 178 Å². The zero-order valence-corrected chi connectivity index (χ0v) is 16.8. The number of carbonyl (C=O) groups is 1. The monoisotopic (exact) mass is 451 g/mol. The predicted octanol–water partition coefficient (Wildman–Crippen LogP) is 3.84. The van der Waals surface area contributed by atoms with Crippen LogP contribution in [0.3, 0.4) is 0 Å². The molecule has 4 rings (SSSR count). The summed E-state index contributed by atoms with van der Waals surface area (Å²) in [7, 11) is 0. The van der Waals surface area contributed by atoms with Gasteiger partial charge < -0.3 is 16.4 Å². The molecule has 3 aromatic rings. The number of anilines is 2. The quantitative estimate of drug-likeness (QED) is 0.496. The fourth-order valence-corrected chi connectivity index (χ4v) is 4.01. The van der Waals surface area contributed by atoms with E-state index in [1.54, 1.807) is 6.07 Å². The van der Waals surface area contributed by atoms with E-state index in [1.807, 2.05) is 0 Å². The number of nitrogens with two attached hydrogens (primary N) is 1. The van der Waals surface area contributed by atoms with Crippen LogP contribution in [0, 0.1) is 5.82 Å². The van der Waals surface area contributed by atoms with E-state index in [9.17, 15) is 22.4 Å². The van der Waals surface area contributed by atoms with Gasteiger partial charge in [0, 0.05) is 23.8 Å². The molecule has 4 N–H and O–H groups in total. The molecule has 0 radical (unpaired) electrons. The highest BCUT2D eigenvalue weighted by molar-refractivity contribution is 7.18. The van der Waals surface area contributed by atoms with E-state index in [4.69, 9.17) is 5.73 Å². The molecular weight excluding hydrogens is 434 g/mol. The Hall–Kier alpha value is -3.05. The molecule has 0 saturated heterocycles. The van der Waals surface area contributed by atoms with Gasteiger partial charge in [0.2, 0.25) is 11.0 Å². The number of amides is 1. The molecule has 0 aliphatic carbocycles. The van der Waals surface area contributed by atoms with Gasteiger partial charge in [-0.3, -0.25) is 4.79 Å². The average molecular weight is 451 g/mol. The van der Waals surface area contributed by atoms with Crippen molar-refractivity contribution >= 4 is 28.1 Å². The topological polar surface area (TPSA) is 92.9 Å². The Kier molecular flexibility index (Phi) is 5.63. The van der Waals surface area contributed by atoms with Crippen LogP contribution in [0.2, 0.25) is 0 Å². The summed E-state index contributed by atoms with van der Waals surface area (Å²) in [5.74, 6) is -0.698. The van der Waals surface area contributed by atoms with Gasteiger partial charge in [-0.05, 0) is 41.8 Å². The number of rotatable bonds is 6. The summed E-state index contributed by atoms with van der Waals surface area (Å²) >= 11 is 1.14. The van der Waals surface area contributed by atoms with E-state index in [2.05, 4.69) is 20.8 Å². The van der Waals surface area contributed by atoms with Gasteiger partial charge in [-0.25, -0.2) is 4.39 Å². The van der Waals surface area contributed by atoms with Crippen molar-refractivity contribution in [2.24, 2.45) is 5.73 Å². The van der Waals surface area contributed by atoms with Gasteiger partial charge in [0.1, 0.15) is 5.82 Å². The van der Waals surface area contributed by atoms with Crippen LogP contribution in [-0.4, -0.2) is 28.7 Å². The molecule has 1 atom stereocenters. The van der Waals surface area contributed by atoms with E-state index in [1.165, 1.54) is 18.2 Å². The zero-order chi connectivity index (χ0) is 22.2. The van der Waals surface area contributed by atoms with E-state index in [-0.39, 0.29) is 23.9 Å². The lowest BCUT2D eigenvalue weighted by Gasteiger charge is -2.13. The van der Waals surface area contributed by atoms with Crippen LogP contribution in [0.15, 0.2) is 36.4 Å². The number of hydrogen-bond donors (Lipinski definition) is 3. The molecule has 1 aliphatic rings. The summed E-state index contributed by atoms with van der Waals surface area (Å²) in [5, 5.41) is 14.4. The molecule has 1 aromatic heterocycles. The average Bonchev–Trinajstić information content (AvgIpc) is 3.30. The Morgan fingerprint density at radius 3 is 2.65 bits per heavy atom. The fourth-order valence-electron chi connectivity index (χ4n) is 3.24. The number of nitrogens with zero attached hydrogens (tertiary/aromatic N) is 2. The van der Waals surface area contributed by atoms with Gasteiger partial charge in [0.25, 0.3) is 0 Å². The first-order valence-corrected chi connectivity index (χ1v) is 10.1. The van der Waals surface area contributed by atoms with Crippen molar-refractivity contribution < 1.29 is 22.4 Å². The summed E-state index contributed by atoms with van der Waals surface area (Å²) in [6.07, 6.45) is -3.81. The lowest BCUT2D eigenvalue weighted by molar-refractivity contribution is -0.137. The maximum atomic E-state index is 14.4. The Bertz CT molecular complexity index is 1110. The van der Waals surface area contributed by atoms with Crippen molar-refractivity contribution in [1.29, 1.82) is 0 Å². The molecule has 0 fully saturated rings. The number of carbonyl (C=O) groups excluding carboxylic acids is 1. The number of nitrogens with one attached hydrogen (secondary N) is 2. The van der Waals surface area contributed by atoms with Crippen LogP contribution in [-0.2, 0) is 23.8 Å². The number of fused-ring (bicyclic) bond motifs is 1. The summed E-state index contributed by atoms with van der Waals surface area (Å²) in [4.78, 5) is 11.5. The summed E-state index contributed by atoms with van der Waals surface area (Å²) in [6, 6.07) is 7.34. The number of aromatic nitrogens is 2. The largest absolute Gasteiger partial charge is 0.416 e. The van der Waals surface area contributed by atoms with Crippen LogP contribution in [0.25, 0.3) is 10.6 Å². The maximum absolute atomic E-state index is 14.4. The minimum Gasteiger partial charge on any atom is -0.359 e. The molecular formula is C20H17F4N5OS. The summed E-state index contributed by atoms with van der Waals surface area (Å²) in [6.45, 7) is 0.306. The van der Waals surface area contributed by atoms with E-state index < -0.39 is 17.6 Å². The lowest BCUT2D eigenvalue weighted by Crippen LogP contribution is -2.31. The molecule has 1 aliphatic heterocycles. The molecule has 162 valence electrons. The summed E-state index contributed by atoms with van der Waals surface area (Å²) in [5.41, 5.74) is 7.46. The number of hydrogen-bond acceptors (Lipinski definition) is 6. The number of alkyl halides is 3. The van der Waals surface area contributed by atoms with Gasteiger partial charge in [-0.2, -0.15) is 13.2 Å². The molecule has 0 saturated carbocycles. The van der Waals surface area contributed by atoms with E-state index in [0.717, 1.165) is 23.5 Å². The minimum atomic E-state index is -4.37. The molecule has 1 amide bonds. The molecule has 0 bridgehead atoms. The third-order valence-corrected chi connectivity index (χ3v) is 5.68. The van der Waals surface area contributed by atoms with Crippen molar-refractivity contribution in [3.63, 3.8) is 0 Å². The van der Waals surface area contributed by atoms with Crippen molar-refractivity contribution in [2.75, 3.05) is 17.2 Å². The Morgan fingerprint density at radius 2 is 1.94 bits per heavy atom. The van der Waals surface area contributed by atoms with Crippen LogP contribution in [0.1, 0.15) is 16.7 Å². The second kappa shape index (κ2) is 8.23. The molecule has 6 nitrogen and oxygen atoms in total. The molecule has 31 heavy (non-hydrogen) atoms. The highest BCUT2D eigenvalue weighted by Gasteiger charge is 2.30. The van der Waals surface area contributed by atoms with Crippen LogP contribution in [0.4, 0.5) is 28.4 Å². The fraction of sp³-hybridized carbons (Fsp3) is 0.250. The molecule has 2 aromatic carbocycles. The van der Waals surface area contributed by atoms with Crippen molar-refractivity contribution in [2.45, 2.75) is 25.1 Å². The SMILES string of the molecule is N[C@H](CNc1nnc(-c2cc3c(cc2F)NC(=O)C3)s1)Cc1ccc(C(F)(F)F)cc1. The van der Waals surface area contributed by atoms with Crippen molar-refractivity contribution in [3.8, 4) is 10.6 Å². The minimum absolute atomic E-state index is 0.186. The first-order valence-electron chi connectivity index (χ1n) is 9.31. The molecule has 2 heterocycles. The van der Waals surface area contributed by atoms with Gasteiger partial charge in [0.05, 0.1) is 12.0 Å². The lowest BCUT2D eigenvalue weighted by atomic mass is 10.0. The number of benzene rings is 2. The highest BCUT2D eigenvalue weighted by Crippen LogP contribution is 2.34. The first-order chi connectivity index (χ1) is 14.7. The Morgan fingerprint density at radius 1 is 1.19 bits per heavy atom. The predicted molar refractivity (Wildman–Crippen MR) is 109 cm³/mol. The standard InChI is InChI=1S/C20H17F4N5OS/c21-15-8-16-11(7-17(30)27-16)6-14(15)18-28-29-19(31-18)26-9-13(25)5-10-1-3-12(4-2-10)20(22,23)24/h1-4,6,8,13H,5,7,9,25H2,(H,26,29)(H,27,30)/t13-/m0/s1. The third kappa shape index (κ3) is 4.83. The van der Waals surface area contributed by atoms with Gasteiger partial charge in [-0.15, -0.1) is 10.2 Å². The van der Waals surface area contributed by atoms with Crippen LogP contribution >= 0.6 is 11.3 Å². The van der Waals surface area contributed by atoms with Crippen molar-refractivity contribution in [3.05, 3.63) is 58.9 Å². The van der Waals surface area contributed by atoms with E-state index >= 15 is 0 Å². The van der Waals surface area contributed by atoms with Crippen LogP contribution < -0.4 is 16.4 Å². The number of halogens is 4. The zero-order valence-electron chi connectivity index (χ0n) is 16.0. The van der Waals surface area contributed by atoms with E-state index in [0.29, 0.717) is 39.9 Å². The maximum Gasteiger partial charge on any atom is 0.416 e. The molecule has 0 spiro atoms. The third-order valence-electron chi connectivity index (χ3n) is 4.77. The van der Waals surface area contributed by atoms with Gasteiger partial charge in [0.15, 0.2) is 5.01 Å².